The number of amides is 2. The zero-order chi connectivity index (χ0) is 21.1. The molecule has 4 rings (SSSR count). The zero-order valence-electron chi connectivity index (χ0n) is 16.6. The molecule has 0 radical (unpaired) electrons. The lowest BCUT2D eigenvalue weighted by Crippen LogP contribution is -2.21. The van der Waals surface area contributed by atoms with Crippen LogP contribution in [0.25, 0.3) is 5.69 Å². The topological polar surface area (TPSA) is 71.0 Å². The molecule has 8 heteroatoms. The number of carbonyl (C=O) groups excluding carboxylic acids is 1. The third-order valence-corrected chi connectivity index (χ3v) is 5.85. The summed E-state index contributed by atoms with van der Waals surface area (Å²) in [4.78, 5) is 12.7. The predicted octanol–water partition coefficient (Wildman–Crippen LogP) is 6.13. The number of aryl methyl sites for hydroxylation is 1. The fraction of sp³-hybridized carbons (Fsp3) is 0.273. The highest BCUT2D eigenvalue weighted by atomic mass is 35.5. The number of fused-ring (bicyclic) bond motifs is 1. The van der Waals surface area contributed by atoms with Crippen LogP contribution < -0.4 is 16.0 Å². The van der Waals surface area contributed by atoms with Crippen LogP contribution in [0.5, 0.6) is 0 Å². The molecule has 0 bridgehead atoms. The Morgan fingerprint density at radius 2 is 2.07 bits per heavy atom. The summed E-state index contributed by atoms with van der Waals surface area (Å²) in [5.41, 5.74) is 4.67. The van der Waals surface area contributed by atoms with Gasteiger partial charge in [0.05, 0.1) is 27.1 Å². The Morgan fingerprint density at radius 3 is 2.90 bits per heavy atom. The fourth-order valence-electron chi connectivity index (χ4n) is 3.48. The number of halogens is 2. The lowest BCUT2D eigenvalue weighted by molar-refractivity contribution is 0.262. The Labute approximate surface area is 185 Å². The van der Waals surface area contributed by atoms with Crippen LogP contribution in [-0.4, -0.2) is 22.4 Å². The molecule has 0 saturated carbocycles. The molecule has 0 unspecified atom stereocenters. The molecule has 156 valence electrons. The van der Waals surface area contributed by atoms with E-state index >= 15 is 0 Å². The first-order valence-electron chi connectivity index (χ1n) is 10.0. The molecule has 3 aromatic rings. The molecule has 0 fully saturated rings. The summed E-state index contributed by atoms with van der Waals surface area (Å²) >= 11 is 12.2. The maximum Gasteiger partial charge on any atom is 0.324 e. The number of unbranched alkanes of at least 4 members (excludes halogenated alkanes) is 1. The number of nitrogens with one attached hydrogen (secondary N) is 3. The molecule has 1 aliphatic rings. The molecule has 0 saturated heterocycles. The van der Waals surface area contributed by atoms with Gasteiger partial charge in [0.2, 0.25) is 0 Å². The van der Waals surface area contributed by atoms with Crippen LogP contribution in [0.2, 0.25) is 10.0 Å². The molecule has 3 N–H and O–H groups in total. The first-order chi connectivity index (χ1) is 14.5. The van der Waals surface area contributed by atoms with Crippen LogP contribution in [0.15, 0.2) is 42.5 Å². The number of nitrogens with zero attached hydrogens (tertiary/aromatic N) is 2. The smallest absolute Gasteiger partial charge is 0.324 e. The SMILES string of the molecule is CCCCc1cc(NC(=O)Nc2cccc(Cl)c2Cl)n(-c2ccc3c(c2)NCC3)n1. The number of carbonyl (C=O) groups is 1. The van der Waals surface area contributed by atoms with Crippen molar-refractivity contribution in [1.29, 1.82) is 0 Å². The molecular formula is C22H23Cl2N5O. The van der Waals surface area contributed by atoms with Gasteiger partial charge in [0.15, 0.2) is 0 Å². The number of rotatable bonds is 6. The van der Waals surface area contributed by atoms with Gasteiger partial charge in [-0.05, 0) is 49.1 Å². The van der Waals surface area contributed by atoms with E-state index in [0.29, 0.717) is 21.6 Å². The predicted molar refractivity (Wildman–Crippen MR) is 123 cm³/mol. The van der Waals surface area contributed by atoms with Crippen molar-refractivity contribution in [3.63, 3.8) is 0 Å². The highest BCUT2D eigenvalue weighted by Gasteiger charge is 2.16. The van der Waals surface area contributed by atoms with Crippen LogP contribution in [0.1, 0.15) is 31.0 Å². The normalized spacial score (nSPS) is 12.4. The minimum atomic E-state index is -0.415. The van der Waals surface area contributed by atoms with Crippen molar-refractivity contribution in [2.75, 3.05) is 22.5 Å². The van der Waals surface area contributed by atoms with Gasteiger partial charge < -0.3 is 10.6 Å². The summed E-state index contributed by atoms with van der Waals surface area (Å²) in [6.07, 6.45) is 3.98. The zero-order valence-corrected chi connectivity index (χ0v) is 18.1. The van der Waals surface area contributed by atoms with Gasteiger partial charge in [0.1, 0.15) is 5.82 Å². The Hall–Kier alpha value is -2.70. The molecule has 2 heterocycles. The van der Waals surface area contributed by atoms with Crippen molar-refractivity contribution in [1.82, 2.24) is 9.78 Å². The Kier molecular flexibility index (Phi) is 6.16. The molecule has 2 aromatic carbocycles. The fourth-order valence-corrected chi connectivity index (χ4v) is 3.82. The van der Waals surface area contributed by atoms with E-state index < -0.39 is 6.03 Å². The Balaban J connectivity index is 1.60. The van der Waals surface area contributed by atoms with Gasteiger partial charge in [0, 0.05) is 18.3 Å². The van der Waals surface area contributed by atoms with E-state index in [1.807, 2.05) is 12.1 Å². The van der Waals surface area contributed by atoms with Gasteiger partial charge in [-0.2, -0.15) is 5.10 Å². The minimum Gasteiger partial charge on any atom is -0.384 e. The number of urea groups is 1. The van der Waals surface area contributed by atoms with Crippen molar-refractivity contribution in [2.24, 2.45) is 0 Å². The standard InChI is InChI=1S/C22H23Cl2N5O/c1-2-3-5-15-12-20(27-22(30)26-18-7-4-6-17(23)21(18)24)29(28-15)16-9-8-14-10-11-25-19(14)13-16/h4,6-9,12-13,25H,2-3,5,10-11H2,1H3,(H2,26,27,30). The Morgan fingerprint density at radius 1 is 1.20 bits per heavy atom. The van der Waals surface area contributed by atoms with Crippen molar-refractivity contribution in [3.05, 3.63) is 63.8 Å². The summed E-state index contributed by atoms with van der Waals surface area (Å²) in [6, 6.07) is 12.8. The largest absolute Gasteiger partial charge is 0.384 e. The third kappa shape index (κ3) is 4.40. The highest BCUT2D eigenvalue weighted by Crippen LogP contribution is 2.30. The van der Waals surface area contributed by atoms with E-state index in [-0.39, 0.29) is 0 Å². The number of hydrogen-bond acceptors (Lipinski definition) is 3. The molecule has 0 aliphatic carbocycles. The molecule has 30 heavy (non-hydrogen) atoms. The summed E-state index contributed by atoms with van der Waals surface area (Å²) in [5.74, 6) is 0.592. The quantitative estimate of drug-likeness (QED) is 0.428. The molecule has 0 atom stereocenters. The van der Waals surface area contributed by atoms with Crippen molar-refractivity contribution >= 4 is 46.4 Å². The van der Waals surface area contributed by atoms with Gasteiger partial charge in [0.25, 0.3) is 0 Å². The molecule has 0 spiro atoms. The van der Waals surface area contributed by atoms with Crippen LogP contribution in [0, 0.1) is 0 Å². The summed E-state index contributed by atoms with van der Waals surface area (Å²) < 4.78 is 1.77. The van der Waals surface area contributed by atoms with E-state index in [4.69, 9.17) is 28.3 Å². The van der Waals surface area contributed by atoms with Crippen LogP contribution in [-0.2, 0) is 12.8 Å². The van der Waals surface area contributed by atoms with Crippen molar-refractivity contribution in [3.8, 4) is 5.69 Å². The number of benzene rings is 2. The third-order valence-electron chi connectivity index (χ3n) is 5.04. The van der Waals surface area contributed by atoms with E-state index in [2.05, 4.69) is 35.0 Å². The van der Waals surface area contributed by atoms with Gasteiger partial charge >= 0.3 is 6.03 Å². The summed E-state index contributed by atoms with van der Waals surface area (Å²) in [6.45, 7) is 3.08. The highest BCUT2D eigenvalue weighted by molar-refractivity contribution is 6.44. The second-order valence-electron chi connectivity index (χ2n) is 7.24. The van der Waals surface area contributed by atoms with Gasteiger partial charge in [-0.3, -0.25) is 5.32 Å². The molecule has 2 amide bonds. The van der Waals surface area contributed by atoms with Gasteiger partial charge in [-0.25, -0.2) is 9.48 Å². The van der Waals surface area contributed by atoms with E-state index in [0.717, 1.165) is 49.3 Å². The second-order valence-corrected chi connectivity index (χ2v) is 8.02. The molecule has 1 aliphatic heterocycles. The first kappa shape index (κ1) is 20.6. The van der Waals surface area contributed by atoms with Crippen LogP contribution >= 0.6 is 23.2 Å². The van der Waals surface area contributed by atoms with Crippen molar-refractivity contribution in [2.45, 2.75) is 32.6 Å². The number of aromatic nitrogens is 2. The minimum absolute atomic E-state index is 0.302. The number of anilines is 3. The second kappa shape index (κ2) is 8.98. The van der Waals surface area contributed by atoms with Crippen LogP contribution in [0.4, 0.5) is 22.0 Å². The Bertz CT molecular complexity index is 1080. The lowest BCUT2D eigenvalue weighted by Gasteiger charge is -2.12. The van der Waals surface area contributed by atoms with E-state index in [1.165, 1.54) is 5.56 Å². The molecule has 1 aromatic heterocycles. The lowest BCUT2D eigenvalue weighted by atomic mass is 10.1. The first-order valence-corrected chi connectivity index (χ1v) is 10.8. The monoisotopic (exact) mass is 443 g/mol. The summed E-state index contributed by atoms with van der Waals surface area (Å²) in [7, 11) is 0. The molecular weight excluding hydrogens is 421 g/mol. The van der Waals surface area contributed by atoms with Crippen molar-refractivity contribution < 1.29 is 4.79 Å². The van der Waals surface area contributed by atoms with Gasteiger partial charge in [-0.1, -0.05) is 48.7 Å². The average molecular weight is 444 g/mol. The van der Waals surface area contributed by atoms with E-state index in [1.54, 1.807) is 22.9 Å². The summed E-state index contributed by atoms with van der Waals surface area (Å²) in [5, 5.41) is 14.5. The maximum atomic E-state index is 12.7. The van der Waals surface area contributed by atoms with E-state index in [9.17, 15) is 4.79 Å². The maximum absolute atomic E-state index is 12.7. The van der Waals surface area contributed by atoms with Gasteiger partial charge in [-0.15, -0.1) is 0 Å². The van der Waals surface area contributed by atoms with Crippen LogP contribution in [0.3, 0.4) is 0 Å². The number of hydrogen-bond donors (Lipinski definition) is 3. The average Bonchev–Trinajstić information content (AvgIpc) is 3.36. The molecule has 6 nitrogen and oxygen atoms in total.